The predicted molar refractivity (Wildman–Crippen MR) is 202 cm³/mol. The highest BCUT2D eigenvalue weighted by molar-refractivity contribution is 7.46. The zero-order chi connectivity index (χ0) is 36.1. The van der Waals surface area contributed by atoms with Crippen LogP contribution in [-0.2, 0) is 28.2 Å². The fraction of sp³-hybridized carbons (Fsp3) is 0.850. The maximum atomic E-state index is 12.4. The first kappa shape index (κ1) is 47.5. The van der Waals surface area contributed by atoms with Gasteiger partial charge in [0.1, 0.15) is 6.61 Å². The number of allylic oxidation sites excluding steroid dienone is 4. The Labute approximate surface area is 300 Å². The normalized spacial score (nSPS) is 12.7. The van der Waals surface area contributed by atoms with Crippen molar-refractivity contribution in [1.82, 2.24) is 0 Å². The molecular formula is C40H75O8P. The molecule has 0 bridgehead atoms. The van der Waals surface area contributed by atoms with E-state index in [1.165, 1.54) is 103 Å². The van der Waals surface area contributed by atoms with Crippen LogP contribution in [0.2, 0.25) is 0 Å². The Morgan fingerprint density at radius 1 is 0.510 bits per heavy atom. The summed E-state index contributed by atoms with van der Waals surface area (Å²) < 4.78 is 26.3. The molecule has 0 unspecified atom stereocenters. The Kier molecular flexibility index (Phi) is 35.2. The molecule has 0 saturated carbocycles. The van der Waals surface area contributed by atoms with E-state index in [0.29, 0.717) is 12.8 Å². The highest BCUT2D eigenvalue weighted by atomic mass is 31.2. The van der Waals surface area contributed by atoms with Gasteiger partial charge in [-0.15, -0.1) is 0 Å². The first-order chi connectivity index (χ1) is 23.8. The molecule has 0 heterocycles. The average molecular weight is 715 g/mol. The fourth-order valence-corrected chi connectivity index (χ4v) is 6.02. The first-order valence-electron chi connectivity index (χ1n) is 20.1. The lowest BCUT2D eigenvalue weighted by Gasteiger charge is -2.18. The second kappa shape index (κ2) is 36.3. The van der Waals surface area contributed by atoms with Crippen LogP contribution >= 0.6 is 7.82 Å². The Morgan fingerprint density at radius 2 is 0.857 bits per heavy atom. The van der Waals surface area contributed by atoms with Gasteiger partial charge in [0.15, 0.2) is 6.10 Å². The summed E-state index contributed by atoms with van der Waals surface area (Å²) >= 11 is 0. The molecule has 0 aliphatic rings. The van der Waals surface area contributed by atoms with Gasteiger partial charge < -0.3 is 19.3 Å². The minimum Gasteiger partial charge on any atom is -0.462 e. The highest BCUT2D eigenvalue weighted by Crippen LogP contribution is 2.36. The number of hydrogen-bond donors (Lipinski definition) is 2. The maximum absolute atomic E-state index is 12.4. The Hall–Kier alpha value is -1.47. The molecule has 0 rings (SSSR count). The zero-order valence-electron chi connectivity index (χ0n) is 31.6. The van der Waals surface area contributed by atoms with Crippen LogP contribution in [0.15, 0.2) is 24.3 Å². The van der Waals surface area contributed by atoms with Crippen molar-refractivity contribution in [2.75, 3.05) is 13.2 Å². The summed E-state index contributed by atoms with van der Waals surface area (Å²) in [6.07, 6.45) is 40.4. The van der Waals surface area contributed by atoms with Gasteiger partial charge in [0, 0.05) is 12.8 Å². The molecule has 288 valence electrons. The quantitative estimate of drug-likeness (QED) is 0.0282. The van der Waals surface area contributed by atoms with Crippen molar-refractivity contribution >= 4 is 19.8 Å². The van der Waals surface area contributed by atoms with E-state index in [2.05, 4.69) is 42.7 Å². The third kappa shape index (κ3) is 39.2. The van der Waals surface area contributed by atoms with E-state index in [9.17, 15) is 14.2 Å². The minimum absolute atomic E-state index is 0.207. The minimum atomic E-state index is -4.75. The highest BCUT2D eigenvalue weighted by Gasteiger charge is 2.22. The summed E-state index contributed by atoms with van der Waals surface area (Å²) in [5, 5.41) is 0. The average Bonchev–Trinajstić information content (AvgIpc) is 3.07. The summed E-state index contributed by atoms with van der Waals surface area (Å²) in [7, 11) is -4.75. The Bertz CT molecular complexity index is 853. The van der Waals surface area contributed by atoms with Crippen molar-refractivity contribution in [3.63, 3.8) is 0 Å². The van der Waals surface area contributed by atoms with Crippen LogP contribution in [0.4, 0.5) is 0 Å². The van der Waals surface area contributed by atoms with Crippen molar-refractivity contribution in [2.45, 2.75) is 206 Å². The van der Waals surface area contributed by atoms with Crippen molar-refractivity contribution in [2.24, 2.45) is 0 Å². The van der Waals surface area contributed by atoms with Crippen LogP contribution < -0.4 is 0 Å². The molecule has 0 aliphatic heterocycles. The molecule has 0 radical (unpaired) electrons. The van der Waals surface area contributed by atoms with Gasteiger partial charge in [-0.1, -0.05) is 147 Å². The molecule has 0 spiro atoms. The lowest BCUT2D eigenvalue weighted by molar-refractivity contribution is -0.161. The Balaban J connectivity index is 3.94. The van der Waals surface area contributed by atoms with Gasteiger partial charge in [0.05, 0.1) is 6.61 Å². The molecule has 0 fully saturated rings. The molecule has 49 heavy (non-hydrogen) atoms. The third-order valence-corrected chi connectivity index (χ3v) is 9.18. The molecule has 0 aromatic rings. The first-order valence-corrected chi connectivity index (χ1v) is 21.7. The second-order valence-electron chi connectivity index (χ2n) is 13.6. The standard InChI is InChI=1S/C40H75O8P/c1-3-5-7-9-11-13-15-17-19-20-21-23-25-27-29-31-33-35-40(42)48-38(37-47-49(43,44)45)36-46-39(41)34-32-30-28-26-24-22-18-16-14-12-10-8-6-4-2/h16-19,38H,3-15,20-37H2,1-2H3,(H2,43,44,45)/b18-16-,19-17-/t38-/m1/s1. The van der Waals surface area contributed by atoms with Crippen LogP contribution in [0.1, 0.15) is 200 Å². The van der Waals surface area contributed by atoms with Crippen molar-refractivity contribution in [3.05, 3.63) is 24.3 Å². The predicted octanol–water partition coefficient (Wildman–Crippen LogP) is 12.0. The van der Waals surface area contributed by atoms with Crippen LogP contribution in [-0.4, -0.2) is 41.0 Å². The van der Waals surface area contributed by atoms with E-state index in [-0.39, 0.29) is 19.4 Å². The van der Waals surface area contributed by atoms with E-state index in [1.807, 2.05) is 0 Å². The zero-order valence-corrected chi connectivity index (χ0v) is 32.5. The van der Waals surface area contributed by atoms with Gasteiger partial charge in [-0.05, 0) is 64.2 Å². The number of carbonyl (C=O) groups is 2. The summed E-state index contributed by atoms with van der Waals surface area (Å²) in [5.74, 6) is -0.895. The van der Waals surface area contributed by atoms with Gasteiger partial charge in [0.2, 0.25) is 0 Å². The molecule has 0 aromatic carbocycles. The van der Waals surface area contributed by atoms with E-state index >= 15 is 0 Å². The smallest absolute Gasteiger partial charge is 0.462 e. The van der Waals surface area contributed by atoms with Crippen LogP contribution in [0.25, 0.3) is 0 Å². The lowest BCUT2D eigenvalue weighted by Crippen LogP contribution is -2.29. The number of rotatable bonds is 37. The van der Waals surface area contributed by atoms with Crippen molar-refractivity contribution in [3.8, 4) is 0 Å². The van der Waals surface area contributed by atoms with Gasteiger partial charge in [-0.2, -0.15) is 0 Å². The Morgan fingerprint density at radius 3 is 1.24 bits per heavy atom. The summed E-state index contributed by atoms with van der Waals surface area (Å²) in [4.78, 5) is 42.8. The molecule has 1 atom stereocenters. The monoisotopic (exact) mass is 715 g/mol. The number of hydrogen-bond acceptors (Lipinski definition) is 6. The summed E-state index contributed by atoms with van der Waals surface area (Å²) in [6, 6.07) is 0. The maximum Gasteiger partial charge on any atom is 0.469 e. The van der Waals surface area contributed by atoms with Crippen LogP contribution in [0.5, 0.6) is 0 Å². The molecule has 0 aliphatic carbocycles. The number of carbonyl (C=O) groups excluding carboxylic acids is 2. The van der Waals surface area contributed by atoms with Gasteiger partial charge in [0.25, 0.3) is 0 Å². The molecule has 8 nitrogen and oxygen atoms in total. The fourth-order valence-electron chi connectivity index (χ4n) is 5.66. The molecule has 0 saturated heterocycles. The molecule has 2 N–H and O–H groups in total. The molecular weight excluding hydrogens is 639 g/mol. The van der Waals surface area contributed by atoms with Crippen LogP contribution in [0.3, 0.4) is 0 Å². The van der Waals surface area contributed by atoms with Gasteiger partial charge in [-0.25, -0.2) is 4.57 Å². The van der Waals surface area contributed by atoms with E-state index in [0.717, 1.165) is 57.8 Å². The third-order valence-electron chi connectivity index (χ3n) is 8.69. The number of unbranched alkanes of at least 4 members (excludes halogenated alkanes) is 23. The van der Waals surface area contributed by atoms with Crippen molar-refractivity contribution < 1.29 is 37.9 Å². The summed E-state index contributed by atoms with van der Waals surface area (Å²) in [6.45, 7) is 3.66. The number of esters is 2. The van der Waals surface area contributed by atoms with Gasteiger partial charge in [-0.3, -0.25) is 14.1 Å². The van der Waals surface area contributed by atoms with E-state index < -0.39 is 32.5 Å². The van der Waals surface area contributed by atoms with Crippen LogP contribution in [0, 0.1) is 0 Å². The number of phosphoric ester groups is 1. The van der Waals surface area contributed by atoms with Crippen molar-refractivity contribution in [1.29, 1.82) is 0 Å². The molecule has 9 heteroatoms. The van der Waals surface area contributed by atoms with Gasteiger partial charge >= 0.3 is 19.8 Å². The number of phosphoric acid groups is 1. The molecule has 0 aromatic heterocycles. The van der Waals surface area contributed by atoms with E-state index in [4.69, 9.17) is 19.3 Å². The largest absolute Gasteiger partial charge is 0.469 e. The number of ether oxygens (including phenoxy) is 2. The SMILES string of the molecule is CCCCCCC/C=C\CCCCCCCC(=O)OC[C@H](COP(=O)(O)O)OC(=O)CCCCCCCCC/C=C\CCCCCCCC. The topological polar surface area (TPSA) is 119 Å². The van der Waals surface area contributed by atoms with E-state index in [1.54, 1.807) is 0 Å². The summed E-state index contributed by atoms with van der Waals surface area (Å²) in [5.41, 5.74) is 0. The molecule has 0 amide bonds. The lowest BCUT2D eigenvalue weighted by atomic mass is 10.1. The second-order valence-corrected chi connectivity index (χ2v) is 14.8.